The zero-order chi connectivity index (χ0) is 17.9. The first kappa shape index (κ1) is 18.0. The average molecular weight is 344 g/mol. The molecule has 2 unspecified atom stereocenters. The topological polar surface area (TPSA) is 52.6 Å². The van der Waals surface area contributed by atoms with Crippen LogP contribution in [-0.2, 0) is 25.5 Å². The summed E-state index contributed by atoms with van der Waals surface area (Å²) in [5.74, 6) is -0.448. The van der Waals surface area contributed by atoms with E-state index in [4.69, 9.17) is 9.47 Å². The van der Waals surface area contributed by atoms with Crippen LogP contribution in [0.1, 0.15) is 51.5 Å². The molecule has 0 spiro atoms. The maximum absolute atomic E-state index is 12.5. The summed E-state index contributed by atoms with van der Waals surface area (Å²) < 4.78 is 11.1. The van der Waals surface area contributed by atoms with Gasteiger partial charge in [-0.05, 0) is 36.7 Å². The van der Waals surface area contributed by atoms with Crippen molar-refractivity contribution in [3.05, 3.63) is 35.9 Å². The van der Waals surface area contributed by atoms with Crippen LogP contribution in [0.3, 0.4) is 0 Å². The highest BCUT2D eigenvalue weighted by Gasteiger charge is 2.63. The fourth-order valence-electron chi connectivity index (χ4n) is 3.94. The van der Waals surface area contributed by atoms with E-state index in [0.717, 1.165) is 31.2 Å². The van der Waals surface area contributed by atoms with Gasteiger partial charge in [-0.15, -0.1) is 0 Å². The van der Waals surface area contributed by atoms with Crippen molar-refractivity contribution in [2.45, 2.75) is 58.5 Å². The maximum atomic E-state index is 12.5. The molecule has 0 aliphatic heterocycles. The lowest BCUT2D eigenvalue weighted by Crippen LogP contribution is -2.23. The molecule has 1 aromatic carbocycles. The first-order chi connectivity index (χ1) is 12.0. The van der Waals surface area contributed by atoms with E-state index < -0.39 is 0 Å². The van der Waals surface area contributed by atoms with Crippen molar-refractivity contribution >= 4 is 11.9 Å². The van der Waals surface area contributed by atoms with Crippen molar-refractivity contribution in [1.82, 2.24) is 0 Å². The molecule has 1 aromatic rings. The number of rotatable bonds is 6. The molecular weight excluding hydrogens is 316 g/mol. The Bertz CT molecular complexity index is 602. The first-order valence-corrected chi connectivity index (χ1v) is 9.38. The minimum Gasteiger partial charge on any atom is -0.465 e. The number of hydrogen-bond acceptors (Lipinski definition) is 4. The lowest BCUT2D eigenvalue weighted by molar-refractivity contribution is -0.154. The van der Waals surface area contributed by atoms with E-state index in [-0.39, 0.29) is 41.7 Å². The summed E-state index contributed by atoms with van der Waals surface area (Å²) >= 11 is 0. The molecule has 0 radical (unpaired) electrons. The zero-order valence-corrected chi connectivity index (χ0v) is 15.2. The second kappa shape index (κ2) is 7.59. The first-order valence-electron chi connectivity index (χ1n) is 9.38. The Labute approximate surface area is 149 Å². The van der Waals surface area contributed by atoms with Crippen LogP contribution in [-0.4, -0.2) is 24.6 Å². The number of carbonyl (C=O) groups is 2. The predicted molar refractivity (Wildman–Crippen MR) is 94.8 cm³/mol. The molecule has 3 rings (SSSR count). The van der Waals surface area contributed by atoms with Gasteiger partial charge in [0.25, 0.3) is 0 Å². The molecule has 4 heteroatoms. The Morgan fingerprint density at radius 3 is 2.44 bits per heavy atom. The highest BCUT2D eigenvalue weighted by molar-refractivity contribution is 5.78. The van der Waals surface area contributed by atoms with Crippen LogP contribution >= 0.6 is 0 Å². The summed E-state index contributed by atoms with van der Waals surface area (Å²) in [7, 11) is 0. The number of hydrogen-bond donors (Lipinski definition) is 0. The molecule has 4 nitrogen and oxygen atoms in total. The van der Waals surface area contributed by atoms with Crippen LogP contribution in [0, 0.1) is 17.3 Å². The summed E-state index contributed by atoms with van der Waals surface area (Å²) in [5, 5.41) is 0. The molecule has 0 heterocycles. The quantitative estimate of drug-likeness (QED) is 0.734. The van der Waals surface area contributed by atoms with Crippen molar-refractivity contribution in [2.75, 3.05) is 6.61 Å². The second-order valence-electron chi connectivity index (χ2n) is 7.95. The van der Waals surface area contributed by atoms with Crippen LogP contribution in [0.2, 0.25) is 0 Å². The number of ether oxygens (including phenoxy) is 2. The SMILES string of the molecule is CC1(C)C(COC(=O)Cc2ccccc2)C1C(=O)OC1CCCCC1. The van der Waals surface area contributed by atoms with Crippen molar-refractivity contribution in [2.24, 2.45) is 17.3 Å². The van der Waals surface area contributed by atoms with Gasteiger partial charge in [0.2, 0.25) is 0 Å². The van der Waals surface area contributed by atoms with E-state index in [1.807, 2.05) is 30.3 Å². The van der Waals surface area contributed by atoms with Crippen molar-refractivity contribution in [3.63, 3.8) is 0 Å². The van der Waals surface area contributed by atoms with Crippen molar-refractivity contribution in [1.29, 1.82) is 0 Å². The molecular formula is C21H28O4. The minimum absolute atomic E-state index is 0.0586. The fraction of sp³-hybridized carbons (Fsp3) is 0.619. The van der Waals surface area contributed by atoms with E-state index in [2.05, 4.69) is 13.8 Å². The molecule has 0 saturated heterocycles. The van der Waals surface area contributed by atoms with Crippen LogP contribution in [0.15, 0.2) is 30.3 Å². The van der Waals surface area contributed by atoms with E-state index in [1.54, 1.807) is 0 Å². The van der Waals surface area contributed by atoms with Crippen molar-refractivity contribution < 1.29 is 19.1 Å². The van der Waals surface area contributed by atoms with Crippen LogP contribution in [0.25, 0.3) is 0 Å². The van der Waals surface area contributed by atoms with Gasteiger partial charge >= 0.3 is 11.9 Å². The van der Waals surface area contributed by atoms with Crippen LogP contribution < -0.4 is 0 Å². The Kier molecular flexibility index (Phi) is 5.45. The molecule has 136 valence electrons. The largest absolute Gasteiger partial charge is 0.465 e. The van der Waals surface area contributed by atoms with Crippen LogP contribution in [0.4, 0.5) is 0 Å². The number of esters is 2. The van der Waals surface area contributed by atoms with E-state index >= 15 is 0 Å². The smallest absolute Gasteiger partial charge is 0.310 e. The molecule has 2 fully saturated rings. The maximum Gasteiger partial charge on any atom is 0.310 e. The normalized spacial score (nSPS) is 25.2. The number of benzene rings is 1. The molecule has 0 amide bonds. The monoisotopic (exact) mass is 344 g/mol. The molecule has 0 bridgehead atoms. The highest BCUT2D eigenvalue weighted by atomic mass is 16.5. The second-order valence-corrected chi connectivity index (χ2v) is 7.95. The van der Waals surface area contributed by atoms with Gasteiger partial charge in [-0.2, -0.15) is 0 Å². The standard InChI is InChI=1S/C21H28O4/c1-21(2)17(14-24-18(22)13-15-9-5-3-6-10-15)19(21)20(23)25-16-11-7-4-8-12-16/h3,5-6,9-10,16-17,19H,4,7-8,11-14H2,1-2H3. The molecule has 2 aliphatic carbocycles. The lowest BCUT2D eigenvalue weighted by atomic mass is 9.98. The van der Waals surface area contributed by atoms with Gasteiger partial charge in [0.1, 0.15) is 6.10 Å². The summed E-state index contributed by atoms with van der Waals surface area (Å²) in [6.07, 6.45) is 5.84. The average Bonchev–Trinajstić information content (AvgIpc) is 3.16. The molecule has 2 atom stereocenters. The van der Waals surface area contributed by atoms with E-state index in [0.29, 0.717) is 6.61 Å². The Balaban J connectivity index is 1.46. The summed E-state index contributed by atoms with van der Waals surface area (Å²) in [5.41, 5.74) is 0.787. The van der Waals surface area contributed by atoms with Gasteiger partial charge in [0.15, 0.2) is 0 Å². The lowest BCUT2D eigenvalue weighted by Gasteiger charge is -2.22. The Morgan fingerprint density at radius 2 is 1.76 bits per heavy atom. The van der Waals surface area contributed by atoms with Crippen molar-refractivity contribution in [3.8, 4) is 0 Å². The minimum atomic E-state index is -0.242. The fourth-order valence-corrected chi connectivity index (χ4v) is 3.94. The Morgan fingerprint density at radius 1 is 1.08 bits per heavy atom. The van der Waals surface area contributed by atoms with Crippen LogP contribution in [0.5, 0.6) is 0 Å². The third-order valence-electron chi connectivity index (χ3n) is 5.75. The molecule has 2 aliphatic rings. The summed E-state index contributed by atoms with van der Waals surface area (Å²) in [6, 6.07) is 9.55. The predicted octanol–water partition coefficient (Wildman–Crippen LogP) is 3.92. The van der Waals surface area contributed by atoms with Gasteiger partial charge in [-0.3, -0.25) is 9.59 Å². The van der Waals surface area contributed by atoms with Gasteiger partial charge in [0.05, 0.1) is 18.9 Å². The number of carbonyl (C=O) groups excluding carboxylic acids is 2. The summed E-state index contributed by atoms with van der Waals surface area (Å²) in [4.78, 5) is 24.5. The third kappa shape index (κ3) is 4.42. The molecule has 2 saturated carbocycles. The molecule has 0 N–H and O–H groups in total. The van der Waals surface area contributed by atoms with E-state index in [1.165, 1.54) is 6.42 Å². The van der Waals surface area contributed by atoms with Gasteiger partial charge in [0, 0.05) is 5.92 Å². The zero-order valence-electron chi connectivity index (χ0n) is 15.2. The van der Waals surface area contributed by atoms with Gasteiger partial charge in [-0.25, -0.2) is 0 Å². The Hall–Kier alpha value is -1.84. The van der Waals surface area contributed by atoms with Gasteiger partial charge in [-0.1, -0.05) is 50.6 Å². The molecule has 0 aromatic heterocycles. The van der Waals surface area contributed by atoms with Gasteiger partial charge < -0.3 is 9.47 Å². The highest BCUT2D eigenvalue weighted by Crippen LogP contribution is 2.59. The summed E-state index contributed by atoms with van der Waals surface area (Å²) in [6.45, 7) is 4.40. The molecule has 25 heavy (non-hydrogen) atoms. The third-order valence-corrected chi connectivity index (χ3v) is 5.75. The van der Waals surface area contributed by atoms with E-state index in [9.17, 15) is 9.59 Å².